The lowest BCUT2D eigenvalue weighted by Crippen LogP contribution is -2.57. The Kier molecular flexibility index (Phi) is 20.6. The number of thiazole rings is 1. The zero-order valence-electron chi connectivity index (χ0n) is 47.5. The Bertz CT molecular complexity index is 3310. The Morgan fingerprint density at radius 2 is 1.55 bits per heavy atom. The van der Waals surface area contributed by atoms with Gasteiger partial charge in [-0.2, -0.15) is 0 Å². The van der Waals surface area contributed by atoms with E-state index in [4.69, 9.17) is 14.2 Å². The average molecular weight is 1140 g/mol. The fraction of sp³-hybridized carbons (Fsp3) is 0.458. The van der Waals surface area contributed by atoms with Crippen LogP contribution in [0.2, 0.25) is 0 Å². The Labute approximate surface area is 473 Å². The van der Waals surface area contributed by atoms with Crippen LogP contribution in [0.25, 0.3) is 21.5 Å². The molecule has 2 aromatic heterocycles. The maximum absolute atomic E-state index is 14.2. The lowest BCUT2D eigenvalue weighted by Gasteiger charge is -2.35. The van der Waals surface area contributed by atoms with Crippen molar-refractivity contribution in [2.45, 2.75) is 116 Å². The summed E-state index contributed by atoms with van der Waals surface area (Å²) in [5.74, 6) is 0.153. The fourth-order valence-electron chi connectivity index (χ4n) is 9.44. The average Bonchev–Trinajstić information content (AvgIpc) is 4.17. The molecule has 0 bridgehead atoms. The summed E-state index contributed by atoms with van der Waals surface area (Å²) in [7, 11) is 2.90. The normalized spacial score (nSPS) is 14.0. The lowest BCUT2D eigenvalue weighted by atomic mass is 9.85. The number of sulfonamides is 1. The number of ether oxygens (including phenoxy) is 3. The van der Waals surface area contributed by atoms with Crippen LogP contribution < -0.4 is 40.6 Å². The van der Waals surface area contributed by atoms with Crippen LogP contribution in [0.3, 0.4) is 0 Å². The Morgan fingerprint density at radius 3 is 2.23 bits per heavy atom. The van der Waals surface area contributed by atoms with Gasteiger partial charge in [-0.3, -0.25) is 33.0 Å². The Hall–Kier alpha value is -7.23. The van der Waals surface area contributed by atoms with E-state index in [0.717, 1.165) is 47.5 Å². The molecule has 0 spiro atoms. The summed E-state index contributed by atoms with van der Waals surface area (Å²) in [5, 5.41) is 8.83. The van der Waals surface area contributed by atoms with E-state index in [2.05, 4.69) is 30.6 Å². The van der Waals surface area contributed by atoms with Crippen molar-refractivity contribution < 1.29 is 41.8 Å². The summed E-state index contributed by atoms with van der Waals surface area (Å²) in [5.41, 5.74) is 4.96. The van der Waals surface area contributed by atoms with Crippen LogP contribution in [0.4, 0.5) is 5.69 Å². The Balaban J connectivity index is 0.919. The van der Waals surface area contributed by atoms with Crippen molar-refractivity contribution in [3.63, 3.8) is 0 Å². The summed E-state index contributed by atoms with van der Waals surface area (Å²) < 4.78 is 52.4. The van der Waals surface area contributed by atoms with Gasteiger partial charge in [-0.05, 0) is 113 Å². The number of hydrogen-bond acceptors (Lipinski definition) is 13. The van der Waals surface area contributed by atoms with Gasteiger partial charge in [0, 0.05) is 70.0 Å². The number of likely N-dealkylation sites (tertiary alicyclic amines) is 1. The number of aromatic nitrogens is 3. The first kappa shape index (κ1) is 60.4. The quantitative estimate of drug-likeness (QED) is 0.0356. The van der Waals surface area contributed by atoms with Crippen molar-refractivity contribution >= 4 is 61.7 Å². The molecule has 1 unspecified atom stereocenters. The molecule has 21 heteroatoms. The molecule has 3 heterocycles. The van der Waals surface area contributed by atoms with Gasteiger partial charge >= 0.3 is 5.69 Å². The predicted octanol–water partition coefficient (Wildman–Crippen LogP) is 8.54. The summed E-state index contributed by atoms with van der Waals surface area (Å²) >= 11 is 1.58. The van der Waals surface area contributed by atoms with Crippen molar-refractivity contribution in [3.8, 4) is 33.4 Å². The zero-order chi connectivity index (χ0) is 57.7. The third kappa shape index (κ3) is 15.8. The second kappa shape index (κ2) is 27.3. The number of nitrogens with zero attached hydrogens (tertiary/aromatic N) is 5. The molecule has 1 aliphatic rings. The number of carbonyl (C=O) groups excluding carboxylic acids is 4. The molecular formula is C59H77N9O10S2. The second-order valence-corrected chi connectivity index (χ2v) is 24.2. The van der Waals surface area contributed by atoms with E-state index < -0.39 is 33.4 Å². The van der Waals surface area contributed by atoms with Crippen LogP contribution in [0, 0.1) is 12.3 Å². The second-order valence-electron chi connectivity index (χ2n) is 21.6. The number of carbonyl (C=O) groups is 4. The van der Waals surface area contributed by atoms with Gasteiger partial charge in [0.2, 0.25) is 17.7 Å². The maximum atomic E-state index is 14.2. The molecule has 2 atom stereocenters. The number of aryl methyl sites for hydroxylation is 3. The van der Waals surface area contributed by atoms with Crippen LogP contribution in [-0.4, -0.2) is 115 Å². The largest absolute Gasteiger partial charge is 0.493 e. The van der Waals surface area contributed by atoms with E-state index >= 15 is 0 Å². The van der Waals surface area contributed by atoms with Crippen LogP contribution in [0.15, 0.2) is 94.1 Å². The molecule has 7 rings (SSSR count). The summed E-state index contributed by atoms with van der Waals surface area (Å²) in [6.07, 6.45) is 5.51. The fourth-order valence-corrected chi connectivity index (χ4v) is 11.4. The number of hydrogen-bond donors (Lipinski definition) is 4. The van der Waals surface area contributed by atoms with E-state index in [0.29, 0.717) is 86.7 Å². The van der Waals surface area contributed by atoms with Crippen molar-refractivity contribution in [1.82, 2.24) is 39.9 Å². The number of nitrogens with one attached hydrogen (secondary N) is 4. The van der Waals surface area contributed by atoms with Gasteiger partial charge in [0.05, 0.1) is 50.9 Å². The molecular weight excluding hydrogens is 1060 g/mol. The van der Waals surface area contributed by atoms with Crippen LogP contribution in [-0.2, 0) is 45.0 Å². The van der Waals surface area contributed by atoms with E-state index in [1.54, 1.807) is 54.6 Å². The molecule has 4 amide bonds. The molecule has 1 aliphatic heterocycles. The number of amides is 4. The molecule has 80 heavy (non-hydrogen) atoms. The maximum Gasteiger partial charge on any atom is 0.328 e. The number of benzene rings is 4. The number of unbranched alkanes of at least 4 members (excludes halogenated alkanes) is 3. The van der Waals surface area contributed by atoms with E-state index in [-0.39, 0.29) is 58.3 Å². The third-order valence-corrected chi connectivity index (χ3v) is 16.2. The SMILES string of the molecule is CCCOc1cc(OCCCCN(C)C)cc(Oc2cc3c(cc2NS(=O)(=O)c2cccc(C(=O)NCCCCCC(=O)NC(C(=O)N4CCC[C@H]4C(=O)NCc4ccc(-c5scnc5C)cc4)C(C)(C)C)c2)n(C)c(=O)n3C)c1. The topological polar surface area (TPSA) is 225 Å². The number of fused-ring (bicyclic) bond motifs is 1. The molecule has 0 radical (unpaired) electrons. The number of anilines is 1. The van der Waals surface area contributed by atoms with Gasteiger partial charge in [-0.15, -0.1) is 11.3 Å². The van der Waals surface area contributed by atoms with Gasteiger partial charge in [0.15, 0.2) is 5.75 Å². The predicted molar refractivity (Wildman–Crippen MR) is 312 cm³/mol. The van der Waals surface area contributed by atoms with Crippen LogP contribution in [0.5, 0.6) is 23.0 Å². The van der Waals surface area contributed by atoms with Gasteiger partial charge in [0.1, 0.15) is 29.3 Å². The van der Waals surface area contributed by atoms with E-state index in [1.807, 2.05) is 78.5 Å². The molecule has 0 saturated carbocycles. The first-order valence-electron chi connectivity index (χ1n) is 27.3. The first-order chi connectivity index (χ1) is 38.1. The minimum atomic E-state index is -4.35. The van der Waals surface area contributed by atoms with E-state index in [9.17, 15) is 32.4 Å². The number of imidazole rings is 1. The number of rotatable bonds is 27. The van der Waals surface area contributed by atoms with Gasteiger partial charge in [-0.1, -0.05) is 64.4 Å². The minimum Gasteiger partial charge on any atom is -0.493 e. The molecule has 0 aliphatic carbocycles. The summed E-state index contributed by atoms with van der Waals surface area (Å²) in [6.45, 7) is 12.5. The highest BCUT2D eigenvalue weighted by molar-refractivity contribution is 7.92. The molecule has 1 saturated heterocycles. The highest BCUT2D eigenvalue weighted by Crippen LogP contribution is 2.38. The van der Waals surface area contributed by atoms with Crippen molar-refractivity contribution in [3.05, 3.63) is 112 Å². The smallest absolute Gasteiger partial charge is 0.328 e. The Morgan fingerprint density at radius 1 is 0.850 bits per heavy atom. The lowest BCUT2D eigenvalue weighted by molar-refractivity contribution is -0.143. The summed E-state index contributed by atoms with van der Waals surface area (Å²) in [4.78, 5) is 76.4. The van der Waals surface area contributed by atoms with Crippen molar-refractivity contribution in [1.29, 1.82) is 0 Å². The van der Waals surface area contributed by atoms with Gasteiger partial charge < -0.3 is 40.0 Å². The molecule has 4 N–H and O–H groups in total. The molecule has 4 aromatic carbocycles. The molecule has 6 aromatic rings. The van der Waals surface area contributed by atoms with Crippen molar-refractivity contribution in [2.75, 3.05) is 51.7 Å². The van der Waals surface area contributed by atoms with Crippen LogP contribution >= 0.6 is 11.3 Å². The monoisotopic (exact) mass is 1140 g/mol. The highest BCUT2D eigenvalue weighted by Gasteiger charge is 2.42. The highest BCUT2D eigenvalue weighted by atomic mass is 32.2. The van der Waals surface area contributed by atoms with Crippen LogP contribution in [0.1, 0.15) is 107 Å². The van der Waals surface area contributed by atoms with Crippen molar-refractivity contribution in [2.24, 2.45) is 19.5 Å². The standard InChI is InChI=1S/C59H77N9O10S2/c1-10-29-76-43-32-44(77-30-15-14-27-65(6)7)34-45(33-43)78-51-36-50-49(66(8)58(73)67(50)9)35-47(51)64-80(74,75)46-19-16-18-42(31-46)55(70)60-26-13-11-12-21-52(69)63-54(59(3,4)5)57(72)68-28-17-20-48(68)56(71)61-37-40-22-24-41(25-23-40)53-39(2)62-38-79-53/h16,18-19,22-25,31-36,38,48,54,64H,10-15,17,20-21,26-30,37H2,1-9H3,(H,60,70)(H,61,71)(H,63,69)/t48-,54?/m0/s1. The molecule has 430 valence electrons. The zero-order valence-corrected chi connectivity index (χ0v) is 49.1. The first-order valence-corrected chi connectivity index (χ1v) is 29.7. The molecule has 1 fully saturated rings. The molecule has 19 nitrogen and oxygen atoms in total. The third-order valence-electron chi connectivity index (χ3n) is 13.9. The minimum absolute atomic E-state index is 0.0472. The summed E-state index contributed by atoms with van der Waals surface area (Å²) in [6, 6.07) is 20.4. The van der Waals surface area contributed by atoms with Gasteiger partial charge in [0.25, 0.3) is 15.9 Å². The van der Waals surface area contributed by atoms with Gasteiger partial charge in [-0.25, -0.2) is 18.2 Å². The van der Waals surface area contributed by atoms with E-state index in [1.165, 1.54) is 39.5 Å².